The highest BCUT2D eigenvalue weighted by Crippen LogP contribution is 2.32. The number of nitrogens with two attached hydrogens (primary N) is 1. The number of halogens is 2. The predicted octanol–water partition coefficient (Wildman–Crippen LogP) is 3.60. The van der Waals surface area contributed by atoms with Crippen molar-refractivity contribution in [3.63, 3.8) is 0 Å². The second kappa shape index (κ2) is 7.89. The van der Waals surface area contributed by atoms with Crippen molar-refractivity contribution in [1.82, 2.24) is 4.98 Å². The summed E-state index contributed by atoms with van der Waals surface area (Å²) in [5.74, 6) is 0.551. The van der Waals surface area contributed by atoms with Crippen molar-refractivity contribution in [2.24, 2.45) is 5.73 Å². The lowest BCUT2D eigenvalue weighted by Crippen LogP contribution is -2.20. The van der Waals surface area contributed by atoms with Crippen LogP contribution in [0, 0.1) is 6.92 Å². The van der Waals surface area contributed by atoms with E-state index in [1.807, 2.05) is 13.0 Å². The molecule has 3 atom stereocenters. The van der Waals surface area contributed by atoms with E-state index in [9.17, 15) is 5.11 Å². The Morgan fingerprint density at radius 3 is 2.72 bits per heavy atom. The Morgan fingerprint density at radius 1 is 1.28 bits per heavy atom. The minimum atomic E-state index is -0.924. The van der Waals surface area contributed by atoms with Crippen LogP contribution < -0.4 is 10.5 Å². The van der Waals surface area contributed by atoms with E-state index < -0.39 is 12.1 Å². The van der Waals surface area contributed by atoms with Crippen molar-refractivity contribution in [2.75, 3.05) is 13.2 Å². The van der Waals surface area contributed by atoms with Crippen LogP contribution in [0.4, 0.5) is 0 Å². The summed E-state index contributed by atoms with van der Waals surface area (Å²) in [6.45, 7) is 3.17. The molecule has 0 saturated carbocycles. The van der Waals surface area contributed by atoms with Crippen molar-refractivity contribution >= 4 is 23.2 Å². The number of pyridine rings is 1. The Hall–Kier alpha value is -1.37. The molecule has 0 spiro atoms. The van der Waals surface area contributed by atoms with Crippen LogP contribution in [-0.4, -0.2) is 29.4 Å². The third kappa shape index (κ3) is 4.25. The van der Waals surface area contributed by atoms with Gasteiger partial charge in [-0.1, -0.05) is 29.3 Å². The van der Waals surface area contributed by atoms with Gasteiger partial charge in [0, 0.05) is 23.7 Å². The number of aliphatic hydroxyl groups is 1. The molecule has 2 heterocycles. The fourth-order valence-electron chi connectivity index (χ4n) is 2.74. The molecule has 3 N–H and O–H groups in total. The number of ether oxygens (including phenoxy) is 2. The quantitative estimate of drug-likeness (QED) is 0.825. The Bertz CT molecular complexity index is 751. The minimum absolute atomic E-state index is 0.0282. The zero-order valence-corrected chi connectivity index (χ0v) is 15.3. The van der Waals surface area contributed by atoms with E-state index in [1.54, 1.807) is 24.4 Å². The van der Waals surface area contributed by atoms with Crippen LogP contribution in [0.3, 0.4) is 0 Å². The molecule has 7 heteroatoms. The molecule has 0 bridgehead atoms. The van der Waals surface area contributed by atoms with Gasteiger partial charge >= 0.3 is 0 Å². The maximum Gasteiger partial charge on any atom is 0.216 e. The molecule has 0 aliphatic carbocycles. The molecule has 5 nitrogen and oxygen atoms in total. The molecule has 0 radical (unpaired) electrons. The largest absolute Gasteiger partial charge is 0.472 e. The number of rotatable bonds is 5. The number of aryl methyl sites for hydroxylation is 1. The summed E-state index contributed by atoms with van der Waals surface area (Å²) in [4.78, 5) is 4.33. The maximum absolute atomic E-state index is 10.6. The summed E-state index contributed by atoms with van der Waals surface area (Å²) >= 11 is 11.9. The van der Waals surface area contributed by atoms with Crippen molar-refractivity contribution < 1.29 is 14.6 Å². The number of nitrogens with zero attached hydrogens (tertiary/aromatic N) is 1. The first kappa shape index (κ1) is 18.4. The highest BCUT2D eigenvalue weighted by atomic mass is 35.5. The van der Waals surface area contributed by atoms with E-state index in [1.165, 1.54) is 0 Å². The van der Waals surface area contributed by atoms with Crippen molar-refractivity contribution in [3.8, 4) is 5.88 Å². The normalized spacial score (nSPS) is 19.6. The molecule has 25 heavy (non-hydrogen) atoms. The van der Waals surface area contributed by atoms with Gasteiger partial charge in [0.25, 0.3) is 0 Å². The predicted molar refractivity (Wildman–Crippen MR) is 97.2 cm³/mol. The summed E-state index contributed by atoms with van der Waals surface area (Å²) in [6.07, 6.45) is 1.54. The zero-order valence-electron chi connectivity index (χ0n) is 13.8. The maximum atomic E-state index is 10.6. The van der Waals surface area contributed by atoms with E-state index in [0.29, 0.717) is 40.3 Å². The summed E-state index contributed by atoms with van der Waals surface area (Å²) in [5.41, 5.74) is 8.33. The van der Waals surface area contributed by atoms with Gasteiger partial charge in [-0.25, -0.2) is 4.98 Å². The van der Waals surface area contributed by atoms with Gasteiger partial charge < -0.3 is 20.3 Å². The number of benzene rings is 1. The van der Waals surface area contributed by atoms with E-state index in [2.05, 4.69) is 4.98 Å². The summed E-state index contributed by atoms with van der Waals surface area (Å²) < 4.78 is 11.1. The fourth-order valence-corrected chi connectivity index (χ4v) is 3.05. The lowest BCUT2D eigenvalue weighted by Gasteiger charge is -2.21. The van der Waals surface area contributed by atoms with Crippen molar-refractivity contribution in [1.29, 1.82) is 0 Å². The second-order valence-corrected chi connectivity index (χ2v) is 6.95. The summed E-state index contributed by atoms with van der Waals surface area (Å²) in [7, 11) is 0. The number of aromatic nitrogens is 1. The van der Waals surface area contributed by atoms with E-state index in [4.69, 9.17) is 38.4 Å². The van der Waals surface area contributed by atoms with Crippen LogP contribution in [0.25, 0.3) is 0 Å². The van der Waals surface area contributed by atoms with Crippen molar-refractivity contribution in [3.05, 3.63) is 57.2 Å². The number of aliphatic hydroxyl groups excluding tert-OH is 1. The molecule has 1 fully saturated rings. The smallest absolute Gasteiger partial charge is 0.216 e. The molecule has 1 aromatic heterocycles. The Labute approximate surface area is 156 Å². The fraction of sp³-hybridized carbons (Fsp3) is 0.389. The molecule has 1 saturated heterocycles. The van der Waals surface area contributed by atoms with Gasteiger partial charge in [-0.3, -0.25) is 0 Å². The first-order chi connectivity index (χ1) is 12.0. The monoisotopic (exact) mass is 382 g/mol. The third-order valence-electron chi connectivity index (χ3n) is 4.23. The van der Waals surface area contributed by atoms with Crippen molar-refractivity contribution in [2.45, 2.75) is 31.6 Å². The first-order valence-corrected chi connectivity index (χ1v) is 8.81. The van der Waals surface area contributed by atoms with Crippen LogP contribution in [-0.2, 0) is 4.74 Å². The third-order valence-corrected chi connectivity index (χ3v) is 4.97. The molecular formula is C18H20Cl2N2O3. The lowest BCUT2D eigenvalue weighted by molar-refractivity contribution is 0.136. The molecule has 1 aliphatic rings. The molecule has 0 amide bonds. The van der Waals surface area contributed by atoms with Crippen LogP contribution in [0.2, 0.25) is 10.0 Å². The van der Waals surface area contributed by atoms with Gasteiger partial charge in [-0.05, 0) is 30.7 Å². The standard InChI is InChI=1S/C18H20Cl2N2O3/c1-10-6-12(8-22-18(10)25-13-4-5-24-9-13)17(23)16(21)11-2-3-14(19)15(20)7-11/h2-3,6-8,13,16-17,23H,4-5,9,21H2,1H3. The molecule has 1 aliphatic heterocycles. The number of hydrogen-bond acceptors (Lipinski definition) is 5. The van der Waals surface area contributed by atoms with Crippen LogP contribution in [0.5, 0.6) is 5.88 Å². The minimum Gasteiger partial charge on any atom is -0.472 e. The van der Waals surface area contributed by atoms with Gasteiger partial charge in [0.15, 0.2) is 0 Å². The van der Waals surface area contributed by atoms with E-state index >= 15 is 0 Å². The van der Waals surface area contributed by atoms with Gasteiger partial charge in [0.2, 0.25) is 5.88 Å². The van der Waals surface area contributed by atoms with Crippen LogP contribution in [0.1, 0.15) is 35.3 Å². The summed E-state index contributed by atoms with van der Waals surface area (Å²) in [6, 6.07) is 6.26. The Balaban J connectivity index is 1.75. The second-order valence-electron chi connectivity index (χ2n) is 6.14. The van der Waals surface area contributed by atoms with Gasteiger partial charge in [0.1, 0.15) is 6.10 Å². The van der Waals surface area contributed by atoms with Gasteiger partial charge in [0.05, 0.1) is 35.4 Å². The summed E-state index contributed by atoms with van der Waals surface area (Å²) in [5, 5.41) is 11.4. The van der Waals surface area contributed by atoms with Gasteiger partial charge in [-0.15, -0.1) is 0 Å². The van der Waals surface area contributed by atoms with Gasteiger partial charge in [-0.2, -0.15) is 0 Å². The highest BCUT2D eigenvalue weighted by Gasteiger charge is 2.22. The first-order valence-electron chi connectivity index (χ1n) is 8.05. The zero-order chi connectivity index (χ0) is 18.0. The Morgan fingerprint density at radius 2 is 2.08 bits per heavy atom. The lowest BCUT2D eigenvalue weighted by atomic mass is 9.97. The average molecular weight is 383 g/mol. The van der Waals surface area contributed by atoms with Crippen LogP contribution >= 0.6 is 23.2 Å². The average Bonchev–Trinajstić information content (AvgIpc) is 3.11. The molecule has 3 unspecified atom stereocenters. The van der Waals surface area contributed by atoms with E-state index in [0.717, 1.165) is 12.0 Å². The van der Waals surface area contributed by atoms with Crippen LogP contribution in [0.15, 0.2) is 30.5 Å². The Kier molecular flexibility index (Phi) is 5.81. The molecule has 2 aromatic rings. The highest BCUT2D eigenvalue weighted by molar-refractivity contribution is 6.42. The topological polar surface area (TPSA) is 77.6 Å². The van der Waals surface area contributed by atoms with E-state index in [-0.39, 0.29) is 6.10 Å². The molecule has 1 aromatic carbocycles. The molecule has 3 rings (SSSR count). The molecular weight excluding hydrogens is 363 g/mol. The molecule has 134 valence electrons. The SMILES string of the molecule is Cc1cc(C(O)C(N)c2ccc(Cl)c(Cl)c2)cnc1OC1CCOC1. The number of hydrogen-bond donors (Lipinski definition) is 2.